The van der Waals surface area contributed by atoms with Gasteiger partial charge in [-0.3, -0.25) is 14.3 Å². The lowest BCUT2D eigenvalue weighted by Crippen LogP contribution is -2.46. The number of amides is 2. The third-order valence-corrected chi connectivity index (χ3v) is 3.68. The van der Waals surface area contributed by atoms with Crippen LogP contribution in [0.3, 0.4) is 0 Å². The second kappa shape index (κ2) is 8.47. The van der Waals surface area contributed by atoms with E-state index < -0.39 is 17.9 Å². The van der Waals surface area contributed by atoms with Gasteiger partial charge in [0.25, 0.3) is 5.91 Å². The van der Waals surface area contributed by atoms with Gasteiger partial charge in [-0.05, 0) is 19.8 Å². The van der Waals surface area contributed by atoms with E-state index in [0.29, 0.717) is 23.7 Å². The molecule has 0 bridgehead atoms. The maximum Gasteiger partial charge on any atom is 0.326 e. The van der Waals surface area contributed by atoms with Crippen LogP contribution in [0.1, 0.15) is 43.7 Å². The molecule has 1 unspecified atom stereocenters. The van der Waals surface area contributed by atoms with Crippen LogP contribution in [0, 0.1) is 12.8 Å². The smallest absolute Gasteiger partial charge is 0.326 e. The molecule has 134 valence electrons. The Balaban J connectivity index is 3.00. The first-order valence-electron chi connectivity index (χ1n) is 7.95. The number of hydrogen-bond donors (Lipinski definition) is 2. The topological polar surface area (TPSA) is 105 Å². The van der Waals surface area contributed by atoms with E-state index >= 15 is 0 Å². The van der Waals surface area contributed by atoms with E-state index in [9.17, 15) is 19.5 Å². The Bertz CT molecular complexity index is 609. The fourth-order valence-corrected chi connectivity index (χ4v) is 2.30. The van der Waals surface area contributed by atoms with E-state index in [1.165, 1.54) is 24.9 Å². The molecule has 1 aromatic heterocycles. The molecule has 2 amide bonds. The third-order valence-electron chi connectivity index (χ3n) is 3.68. The monoisotopic (exact) mass is 338 g/mol. The van der Waals surface area contributed by atoms with Crippen LogP contribution in [0.2, 0.25) is 0 Å². The van der Waals surface area contributed by atoms with Gasteiger partial charge in [0.1, 0.15) is 6.04 Å². The lowest BCUT2D eigenvalue weighted by Gasteiger charge is -2.26. The van der Waals surface area contributed by atoms with Crippen molar-refractivity contribution in [2.24, 2.45) is 5.92 Å². The van der Waals surface area contributed by atoms with Crippen LogP contribution in [-0.2, 0) is 16.1 Å². The summed E-state index contributed by atoms with van der Waals surface area (Å²) in [6, 6.07) is -1.00. The number of carbonyl (C=O) groups is 3. The van der Waals surface area contributed by atoms with Crippen LogP contribution in [0.4, 0.5) is 0 Å². The molecule has 8 heteroatoms. The average Bonchev–Trinajstić information content (AvgIpc) is 2.82. The summed E-state index contributed by atoms with van der Waals surface area (Å²) in [7, 11) is 0. The zero-order valence-corrected chi connectivity index (χ0v) is 14.9. The summed E-state index contributed by atoms with van der Waals surface area (Å²) < 4.78 is 1.75. The Morgan fingerprint density at radius 2 is 1.96 bits per heavy atom. The van der Waals surface area contributed by atoms with Gasteiger partial charge < -0.3 is 15.3 Å². The fourth-order valence-electron chi connectivity index (χ4n) is 2.30. The van der Waals surface area contributed by atoms with Crippen molar-refractivity contribution in [3.8, 4) is 0 Å². The van der Waals surface area contributed by atoms with Crippen LogP contribution in [-0.4, -0.2) is 56.7 Å². The van der Waals surface area contributed by atoms with Crippen LogP contribution in [0.15, 0.2) is 6.20 Å². The van der Waals surface area contributed by atoms with Crippen LogP contribution in [0.5, 0.6) is 0 Å². The lowest BCUT2D eigenvalue weighted by atomic mass is 10.1. The predicted molar refractivity (Wildman–Crippen MR) is 88.6 cm³/mol. The first-order chi connectivity index (χ1) is 11.1. The third kappa shape index (κ3) is 5.07. The van der Waals surface area contributed by atoms with Gasteiger partial charge in [-0.25, -0.2) is 4.79 Å². The number of carbonyl (C=O) groups excluding carboxylic acids is 2. The van der Waals surface area contributed by atoms with Gasteiger partial charge in [0.05, 0.1) is 11.8 Å². The maximum atomic E-state index is 12.8. The van der Waals surface area contributed by atoms with E-state index in [4.69, 9.17) is 0 Å². The average molecular weight is 338 g/mol. The van der Waals surface area contributed by atoms with Gasteiger partial charge in [-0.15, -0.1) is 0 Å². The summed E-state index contributed by atoms with van der Waals surface area (Å²) in [5, 5.41) is 16.0. The maximum absolute atomic E-state index is 12.8. The summed E-state index contributed by atoms with van der Waals surface area (Å²) in [5.74, 6) is -1.35. The molecule has 0 aliphatic carbocycles. The highest BCUT2D eigenvalue weighted by Crippen LogP contribution is 2.14. The van der Waals surface area contributed by atoms with E-state index in [1.807, 2.05) is 0 Å². The predicted octanol–water partition coefficient (Wildman–Crippen LogP) is 0.899. The minimum Gasteiger partial charge on any atom is -0.480 e. The Hall–Kier alpha value is -2.38. The zero-order valence-electron chi connectivity index (χ0n) is 14.9. The fraction of sp³-hybridized carbons (Fsp3) is 0.625. The molecule has 0 saturated carbocycles. The highest BCUT2D eigenvalue weighted by molar-refractivity contribution is 5.97. The molecule has 1 atom stereocenters. The SMILES string of the molecule is CC(=O)NCCN(C(=O)c1cnn(CC(C)C)c1C)C(C)C(=O)O. The number of carboxylic acids is 1. The standard InChI is InChI=1S/C16H26N4O4/c1-10(2)9-20-11(3)14(8-18-20)15(22)19(12(4)16(23)24)7-6-17-13(5)21/h8,10,12H,6-7,9H2,1-5H3,(H,17,21)(H,23,24). The number of nitrogens with zero attached hydrogens (tertiary/aromatic N) is 3. The molecule has 0 spiro atoms. The molecule has 8 nitrogen and oxygen atoms in total. The molecule has 0 saturated heterocycles. The molecule has 0 radical (unpaired) electrons. The Kier molecular flexibility index (Phi) is 6.94. The Morgan fingerprint density at radius 3 is 2.46 bits per heavy atom. The molecular formula is C16H26N4O4. The summed E-state index contributed by atoms with van der Waals surface area (Å²) in [4.78, 5) is 36.3. The molecule has 0 fully saturated rings. The van der Waals surface area contributed by atoms with Gasteiger partial charge in [0.2, 0.25) is 5.91 Å². The number of hydrogen-bond acceptors (Lipinski definition) is 4. The van der Waals surface area contributed by atoms with Gasteiger partial charge in [-0.2, -0.15) is 5.10 Å². The van der Waals surface area contributed by atoms with Crippen LogP contribution >= 0.6 is 0 Å². The second-order valence-electron chi connectivity index (χ2n) is 6.22. The summed E-state index contributed by atoms with van der Waals surface area (Å²) in [6.45, 7) is 9.69. The second-order valence-corrected chi connectivity index (χ2v) is 6.22. The van der Waals surface area contributed by atoms with Crippen molar-refractivity contribution in [3.63, 3.8) is 0 Å². The normalized spacial score (nSPS) is 12.1. The van der Waals surface area contributed by atoms with Crippen molar-refractivity contribution in [2.75, 3.05) is 13.1 Å². The van der Waals surface area contributed by atoms with Gasteiger partial charge in [0.15, 0.2) is 0 Å². The molecule has 24 heavy (non-hydrogen) atoms. The highest BCUT2D eigenvalue weighted by Gasteiger charge is 2.28. The van der Waals surface area contributed by atoms with Crippen molar-refractivity contribution in [1.29, 1.82) is 0 Å². The van der Waals surface area contributed by atoms with Crippen LogP contribution < -0.4 is 5.32 Å². The summed E-state index contributed by atoms with van der Waals surface area (Å²) in [6.07, 6.45) is 1.47. The van der Waals surface area contributed by atoms with Crippen LogP contribution in [0.25, 0.3) is 0 Å². The molecule has 1 rings (SSSR count). The zero-order chi connectivity index (χ0) is 18.4. The minimum absolute atomic E-state index is 0.112. The van der Waals surface area contributed by atoms with Gasteiger partial charge in [0, 0.05) is 32.3 Å². The summed E-state index contributed by atoms with van der Waals surface area (Å²) >= 11 is 0. The number of carboxylic acid groups (broad SMARTS) is 1. The minimum atomic E-state index is -1.10. The van der Waals surface area contributed by atoms with Crippen molar-refractivity contribution < 1.29 is 19.5 Å². The van der Waals surface area contributed by atoms with Crippen molar-refractivity contribution in [3.05, 3.63) is 17.5 Å². The molecule has 2 N–H and O–H groups in total. The van der Waals surface area contributed by atoms with E-state index in [-0.39, 0.29) is 19.0 Å². The molecule has 0 aromatic carbocycles. The van der Waals surface area contributed by atoms with Crippen molar-refractivity contribution >= 4 is 17.8 Å². The van der Waals surface area contributed by atoms with Gasteiger partial charge >= 0.3 is 5.97 Å². The molecule has 1 heterocycles. The number of nitrogens with one attached hydrogen (secondary N) is 1. The summed E-state index contributed by atoms with van der Waals surface area (Å²) in [5.41, 5.74) is 1.09. The Morgan fingerprint density at radius 1 is 1.33 bits per heavy atom. The first kappa shape index (κ1) is 19.7. The molecule has 0 aliphatic rings. The lowest BCUT2D eigenvalue weighted by molar-refractivity contribution is -0.141. The molecule has 0 aliphatic heterocycles. The number of aliphatic carboxylic acids is 1. The van der Waals surface area contributed by atoms with Gasteiger partial charge in [-0.1, -0.05) is 13.8 Å². The molecule has 1 aromatic rings. The van der Waals surface area contributed by atoms with Crippen molar-refractivity contribution in [1.82, 2.24) is 20.0 Å². The van der Waals surface area contributed by atoms with E-state index in [1.54, 1.807) is 11.6 Å². The number of aromatic nitrogens is 2. The Labute approximate surface area is 141 Å². The highest BCUT2D eigenvalue weighted by atomic mass is 16.4. The van der Waals surface area contributed by atoms with E-state index in [2.05, 4.69) is 24.3 Å². The quantitative estimate of drug-likeness (QED) is 0.733. The largest absolute Gasteiger partial charge is 0.480 e. The van der Waals surface area contributed by atoms with Crippen molar-refractivity contribution in [2.45, 2.75) is 47.2 Å². The number of rotatable bonds is 8. The first-order valence-corrected chi connectivity index (χ1v) is 7.95. The van der Waals surface area contributed by atoms with E-state index in [0.717, 1.165) is 0 Å². The molecular weight excluding hydrogens is 312 g/mol.